The Hall–Kier alpha value is -2.28. The van der Waals surface area contributed by atoms with Crippen LogP contribution in [0.1, 0.15) is 37.3 Å². The van der Waals surface area contributed by atoms with Crippen molar-refractivity contribution in [3.63, 3.8) is 0 Å². The number of nitrogens with zero attached hydrogens (tertiary/aromatic N) is 4. The number of aromatic nitrogens is 3. The van der Waals surface area contributed by atoms with Gasteiger partial charge in [-0.2, -0.15) is 0 Å². The van der Waals surface area contributed by atoms with E-state index in [0.29, 0.717) is 6.54 Å². The molecule has 0 radical (unpaired) electrons. The molecule has 0 bridgehead atoms. The smallest absolute Gasteiger partial charge is 0.241 e. The number of aryl methyl sites for hydroxylation is 1. The molecule has 7 heteroatoms. The van der Waals surface area contributed by atoms with Gasteiger partial charge in [0.2, 0.25) is 5.91 Å². The first-order chi connectivity index (χ1) is 12.2. The third-order valence-electron chi connectivity index (χ3n) is 4.55. The summed E-state index contributed by atoms with van der Waals surface area (Å²) in [4.78, 5) is 15.0. The number of amides is 1. The van der Waals surface area contributed by atoms with E-state index in [-0.39, 0.29) is 17.8 Å². The molecule has 25 heavy (non-hydrogen) atoms. The van der Waals surface area contributed by atoms with E-state index < -0.39 is 0 Å². The monoisotopic (exact) mass is 345 g/mol. The van der Waals surface area contributed by atoms with Crippen molar-refractivity contribution in [2.45, 2.75) is 38.3 Å². The first-order valence-electron chi connectivity index (χ1n) is 8.84. The zero-order chi connectivity index (χ0) is 17.5. The minimum atomic E-state index is -0.351. The molecule has 2 aromatic rings. The van der Waals surface area contributed by atoms with Crippen molar-refractivity contribution in [1.82, 2.24) is 25.0 Å². The van der Waals surface area contributed by atoms with Crippen molar-refractivity contribution >= 4 is 5.91 Å². The number of hydrogen-bond acceptors (Lipinski definition) is 4. The summed E-state index contributed by atoms with van der Waals surface area (Å²) in [6.07, 6.45) is 7.53. The van der Waals surface area contributed by atoms with Crippen LogP contribution in [0.5, 0.6) is 0 Å². The third kappa shape index (κ3) is 4.85. The maximum absolute atomic E-state index is 13.2. The van der Waals surface area contributed by atoms with Crippen molar-refractivity contribution in [3.05, 3.63) is 48.3 Å². The molecule has 1 atom stereocenters. The van der Waals surface area contributed by atoms with Gasteiger partial charge in [0.15, 0.2) is 0 Å². The van der Waals surface area contributed by atoms with E-state index in [0.717, 1.165) is 44.5 Å². The molecule has 0 aliphatic carbocycles. The topological polar surface area (TPSA) is 63.1 Å². The number of carbonyl (C=O) groups excluding carboxylic acids is 1. The molecule has 1 aromatic heterocycles. The van der Waals surface area contributed by atoms with Crippen molar-refractivity contribution in [1.29, 1.82) is 0 Å². The number of carbonyl (C=O) groups is 1. The van der Waals surface area contributed by atoms with Crippen LogP contribution in [0, 0.1) is 5.82 Å². The SMILES string of the molecule is O=C(NCCCn1cnnc1)C(c1ccc(F)cc1)N1CCCCC1. The van der Waals surface area contributed by atoms with Gasteiger partial charge in [0.05, 0.1) is 0 Å². The molecule has 1 amide bonds. The quantitative estimate of drug-likeness (QED) is 0.781. The first-order valence-corrected chi connectivity index (χ1v) is 8.84. The van der Waals surface area contributed by atoms with E-state index in [1.165, 1.54) is 18.6 Å². The van der Waals surface area contributed by atoms with E-state index in [1.54, 1.807) is 24.8 Å². The van der Waals surface area contributed by atoms with Gasteiger partial charge < -0.3 is 9.88 Å². The number of hydrogen-bond donors (Lipinski definition) is 1. The van der Waals surface area contributed by atoms with Crippen LogP contribution in [-0.4, -0.2) is 45.2 Å². The standard InChI is InChI=1S/C18H24FN5O/c19-16-7-5-15(6-8-16)17(24-11-2-1-3-12-24)18(25)20-9-4-10-23-13-21-22-14-23/h5-8,13-14,17H,1-4,9-12H2,(H,20,25). The minimum absolute atomic E-state index is 0.0164. The third-order valence-corrected chi connectivity index (χ3v) is 4.55. The number of benzene rings is 1. The summed E-state index contributed by atoms with van der Waals surface area (Å²) in [5.74, 6) is -0.298. The highest BCUT2D eigenvalue weighted by molar-refractivity contribution is 5.83. The van der Waals surface area contributed by atoms with Crippen LogP contribution in [0.4, 0.5) is 4.39 Å². The second-order valence-electron chi connectivity index (χ2n) is 6.40. The lowest BCUT2D eigenvalue weighted by molar-refractivity contribution is -0.127. The summed E-state index contributed by atoms with van der Waals surface area (Å²) < 4.78 is 15.1. The van der Waals surface area contributed by atoms with Gasteiger partial charge in [-0.3, -0.25) is 9.69 Å². The van der Waals surface area contributed by atoms with Gasteiger partial charge in [-0.05, 0) is 50.0 Å². The fourth-order valence-electron chi connectivity index (χ4n) is 3.26. The summed E-state index contributed by atoms with van der Waals surface area (Å²) in [6.45, 7) is 3.15. The molecule has 1 aromatic carbocycles. The lowest BCUT2D eigenvalue weighted by atomic mass is 10.0. The van der Waals surface area contributed by atoms with E-state index in [1.807, 2.05) is 4.57 Å². The van der Waals surface area contributed by atoms with Crippen molar-refractivity contribution in [2.75, 3.05) is 19.6 Å². The average Bonchev–Trinajstić information content (AvgIpc) is 3.15. The van der Waals surface area contributed by atoms with E-state index in [2.05, 4.69) is 20.4 Å². The van der Waals surface area contributed by atoms with Crippen molar-refractivity contribution in [3.8, 4) is 0 Å². The molecule has 2 heterocycles. The highest BCUT2D eigenvalue weighted by Gasteiger charge is 2.28. The Morgan fingerprint density at radius 1 is 1.12 bits per heavy atom. The normalized spacial score (nSPS) is 16.5. The molecule has 0 saturated carbocycles. The predicted molar refractivity (Wildman–Crippen MR) is 92.2 cm³/mol. The van der Waals surface area contributed by atoms with Gasteiger partial charge in [-0.1, -0.05) is 18.6 Å². The zero-order valence-electron chi connectivity index (χ0n) is 14.3. The molecule has 1 aliphatic heterocycles. The Morgan fingerprint density at radius 2 is 1.80 bits per heavy atom. The summed E-state index contributed by atoms with van der Waals surface area (Å²) >= 11 is 0. The van der Waals surface area contributed by atoms with Crippen LogP contribution >= 0.6 is 0 Å². The molecular formula is C18H24FN5O. The summed E-state index contributed by atoms with van der Waals surface area (Å²) in [5, 5.41) is 10.5. The Morgan fingerprint density at radius 3 is 2.48 bits per heavy atom. The van der Waals surface area contributed by atoms with E-state index >= 15 is 0 Å². The number of nitrogens with one attached hydrogen (secondary N) is 1. The lowest BCUT2D eigenvalue weighted by Gasteiger charge is -2.34. The van der Waals surface area contributed by atoms with Crippen LogP contribution in [0.15, 0.2) is 36.9 Å². The Balaban J connectivity index is 1.61. The molecule has 0 spiro atoms. The first kappa shape index (κ1) is 17.5. The lowest BCUT2D eigenvalue weighted by Crippen LogP contribution is -2.43. The fourth-order valence-corrected chi connectivity index (χ4v) is 3.26. The number of rotatable bonds is 7. The summed E-state index contributed by atoms with van der Waals surface area (Å²) in [6, 6.07) is 5.92. The van der Waals surface area contributed by atoms with Crippen molar-refractivity contribution in [2.24, 2.45) is 0 Å². The molecule has 1 fully saturated rings. The zero-order valence-corrected chi connectivity index (χ0v) is 14.3. The molecule has 1 N–H and O–H groups in total. The molecule has 134 valence electrons. The van der Waals surface area contributed by atoms with Gasteiger partial charge in [-0.25, -0.2) is 4.39 Å². The van der Waals surface area contributed by atoms with Gasteiger partial charge in [0.1, 0.15) is 24.5 Å². The van der Waals surface area contributed by atoms with E-state index in [9.17, 15) is 9.18 Å². The predicted octanol–water partition coefficient (Wildman–Crippen LogP) is 2.15. The van der Waals surface area contributed by atoms with Gasteiger partial charge in [0, 0.05) is 13.1 Å². The second kappa shape index (κ2) is 8.71. The Labute approximate surface area is 147 Å². The Kier molecular flexibility index (Phi) is 6.11. The van der Waals surface area contributed by atoms with Crippen LogP contribution in [-0.2, 0) is 11.3 Å². The number of likely N-dealkylation sites (tertiary alicyclic amines) is 1. The number of piperidine rings is 1. The maximum atomic E-state index is 13.2. The van der Waals surface area contributed by atoms with Crippen LogP contribution < -0.4 is 5.32 Å². The molecule has 1 saturated heterocycles. The Bertz CT molecular complexity index is 653. The van der Waals surface area contributed by atoms with Crippen LogP contribution in [0.2, 0.25) is 0 Å². The molecule has 3 rings (SSSR count). The van der Waals surface area contributed by atoms with Crippen LogP contribution in [0.25, 0.3) is 0 Å². The number of halogens is 1. The highest BCUT2D eigenvalue weighted by Crippen LogP contribution is 2.25. The minimum Gasteiger partial charge on any atom is -0.354 e. The molecular weight excluding hydrogens is 321 g/mol. The highest BCUT2D eigenvalue weighted by atomic mass is 19.1. The average molecular weight is 345 g/mol. The second-order valence-corrected chi connectivity index (χ2v) is 6.40. The summed E-state index contributed by atoms with van der Waals surface area (Å²) in [7, 11) is 0. The van der Waals surface area contributed by atoms with Crippen molar-refractivity contribution < 1.29 is 9.18 Å². The van der Waals surface area contributed by atoms with Gasteiger partial charge in [0.25, 0.3) is 0 Å². The van der Waals surface area contributed by atoms with Gasteiger partial charge >= 0.3 is 0 Å². The molecule has 1 unspecified atom stereocenters. The largest absolute Gasteiger partial charge is 0.354 e. The maximum Gasteiger partial charge on any atom is 0.241 e. The summed E-state index contributed by atoms with van der Waals surface area (Å²) in [5.41, 5.74) is 0.847. The fraction of sp³-hybridized carbons (Fsp3) is 0.500. The molecule has 1 aliphatic rings. The van der Waals surface area contributed by atoms with Crippen LogP contribution in [0.3, 0.4) is 0 Å². The molecule has 6 nitrogen and oxygen atoms in total. The van der Waals surface area contributed by atoms with Gasteiger partial charge in [-0.15, -0.1) is 10.2 Å². The van der Waals surface area contributed by atoms with E-state index in [4.69, 9.17) is 0 Å².